The number of nitrogens with one attached hydrogen (secondary N) is 2. The van der Waals surface area contributed by atoms with Crippen LogP contribution in [0.25, 0.3) is 0 Å². The van der Waals surface area contributed by atoms with Crippen molar-refractivity contribution < 1.29 is 23.9 Å². The van der Waals surface area contributed by atoms with E-state index in [2.05, 4.69) is 25.6 Å². The van der Waals surface area contributed by atoms with E-state index in [9.17, 15) is 14.4 Å². The van der Waals surface area contributed by atoms with Crippen LogP contribution in [0.1, 0.15) is 32.0 Å². The number of rotatable bonds is 8. The van der Waals surface area contributed by atoms with Crippen molar-refractivity contribution in [2.45, 2.75) is 19.0 Å². The van der Waals surface area contributed by atoms with Crippen molar-refractivity contribution in [3.05, 3.63) is 101 Å². The van der Waals surface area contributed by atoms with Gasteiger partial charge < -0.3 is 19.7 Å². The van der Waals surface area contributed by atoms with Crippen LogP contribution in [0.5, 0.6) is 11.5 Å². The zero-order valence-corrected chi connectivity index (χ0v) is 22.9. The second-order valence-electron chi connectivity index (χ2n) is 9.09. The zero-order valence-electron chi connectivity index (χ0n) is 22.1. The number of hydrogen-bond donors (Lipinski definition) is 2. The summed E-state index contributed by atoms with van der Waals surface area (Å²) >= 11 is 6.15. The van der Waals surface area contributed by atoms with Gasteiger partial charge in [-0.3, -0.25) is 24.7 Å². The van der Waals surface area contributed by atoms with Crippen molar-refractivity contribution in [2.24, 2.45) is 0 Å². The molecule has 2 aromatic heterocycles. The fourth-order valence-corrected chi connectivity index (χ4v) is 4.61. The van der Waals surface area contributed by atoms with Gasteiger partial charge in [0.15, 0.2) is 5.75 Å². The molecule has 0 fully saturated rings. The predicted molar refractivity (Wildman–Crippen MR) is 151 cm³/mol. The molecule has 41 heavy (non-hydrogen) atoms. The first-order valence-corrected chi connectivity index (χ1v) is 12.9. The Kier molecular flexibility index (Phi) is 8.06. The molecule has 1 aliphatic rings. The minimum atomic E-state index is -0.871. The van der Waals surface area contributed by atoms with E-state index in [4.69, 9.17) is 21.1 Å². The van der Waals surface area contributed by atoms with E-state index in [0.717, 1.165) is 0 Å². The Labute approximate surface area is 240 Å². The molecular weight excluding hydrogens is 548 g/mol. The molecule has 2 N–H and O–H groups in total. The molecule has 2 aromatic carbocycles. The topological polar surface area (TPSA) is 136 Å². The summed E-state index contributed by atoms with van der Waals surface area (Å²) in [5.74, 6) is -0.384. The highest BCUT2D eigenvalue weighted by molar-refractivity contribution is 6.31. The van der Waals surface area contributed by atoms with E-state index in [0.29, 0.717) is 33.3 Å². The fourth-order valence-electron chi connectivity index (χ4n) is 4.44. The number of aromatic nitrogens is 3. The first-order valence-electron chi connectivity index (χ1n) is 12.5. The van der Waals surface area contributed by atoms with Gasteiger partial charge in [-0.25, -0.2) is 9.97 Å². The second-order valence-corrected chi connectivity index (χ2v) is 9.52. The fraction of sp³-hybridized carbons (Fsp3) is 0.172. The molecule has 0 aliphatic carbocycles. The van der Waals surface area contributed by atoms with Gasteiger partial charge in [0.2, 0.25) is 11.9 Å². The smallest absolute Gasteiger partial charge is 0.261 e. The Morgan fingerprint density at radius 2 is 1.83 bits per heavy atom. The molecule has 0 radical (unpaired) electrons. The maximum absolute atomic E-state index is 13.8. The number of pyridine rings is 1. The minimum Gasteiger partial charge on any atom is -0.496 e. The Morgan fingerprint density at radius 3 is 2.54 bits per heavy atom. The van der Waals surface area contributed by atoms with E-state index < -0.39 is 11.9 Å². The average Bonchev–Trinajstić information content (AvgIpc) is 3.07. The molecule has 3 amide bonds. The number of benzene rings is 2. The van der Waals surface area contributed by atoms with Gasteiger partial charge in [-0.1, -0.05) is 23.7 Å². The summed E-state index contributed by atoms with van der Waals surface area (Å²) in [6.45, 7) is 0.0612. The highest BCUT2D eigenvalue weighted by Crippen LogP contribution is 2.30. The van der Waals surface area contributed by atoms with Crippen molar-refractivity contribution in [3.8, 4) is 11.5 Å². The molecule has 12 heteroatoms. The number of ether oxygens (including phenoxy) is 2. The highest BCUT2D eigenvalue weighted by Gasteiger charge is 2.36. The van der Waals surface area contributed by atoms with Gasteiger partial charge in [0.1, 0.15) is 11.8 Å². The third-order valence-electron chi connectivity index (χ3n) is 6.49. The van der Waals surface area contributed by atoms with Crippen LogP contribution in [0, 0.1) is 0 Å². The van der Waals surface area contributed by atoms with E-state index in [1.807, 2.05) is 6.07 Å². The molecule has 0 bridgehead atoms. The summed E-state index contributed by atoms with van der Waals surface area (Å²) in [6, 6.07) is 14.2. The lowest BCUT2D eigenvalue weighted by Crippen LogP contribution is -2.46. The molecular formula is C29H25ClN6O5. The molecule has 0 spiro atoms. The quantitative estimate of drug-likeness (QED) is 0.323. The summed E-state index contributed by atoms with van der Waals surface area (Å²) in [5, 5.41) is 5.86. The summed E-state index contributed by atoms with van der Waals surface area (Å²) in [4.78, 5) is 54.2. The molecule has 1 aliphatic heterocycles. The normalized spacial score (nSPS) is 14.5. The van der Waals surface area contributed by atoms with Crippen molar-refractivity contribution >= 4 is 41.0 Å². The van der Waals surface area contributed by atoms with Gasteiger partial charge in [0.25, 0.3) is 11.8 Å². The SMILES string of the molecule is COc1cnc(NC(=O)c2ccc(CN3C(=O)c4ccc(Cl)cc4NC(=O)[C@H]3Cc3ccccn3)cc2OC)nc1. The molecule has 4 aromatic rings. The van der Waals surface area contributed by atoms with Crippen molar-refractivity contribution in [3.63, 3.8) is 0 Å². The number of anilines is 2. The molecule has 0 unspecified atom stereocenters. The lowest BCUT2D eigenvalue weighted by atomic mass is 10.0. The number of amides is 3. The molecule has 0 saturated carbocycles. The lowest BCUT2D eigenvalue weighted by Gasteiger charge is -2.29. The molecule has 11 nitrogen and oxygen atoms in total. The van der Waals surface area contributed by atoms with Crippen LogP contribution in [0.3, 0.4) is 0 Å². The van der Waals surface area contributed by atoms with Gasteiger partial charge in [0.05, 0.1) is 43.4 Å². The second kappa shape index (κ2) is 12.0. The number of hydrogen-bond acceptors (Lipinski definition) is 8. The summed E-state index contributed by atoms with van der Waals surface area (Å²) in [5.41, 5.74) is 2.18. The largest absolute Gasteiger partial charge is 0.496 e. The minimum absolute atomic E-state index is 0.0612. The summed E-state index contributed by atoms with van der Waals surface area (Å²) in [7, 11) is 2.93. The maximum atomic E-state index is 13.8. The standard InChI is InChI=1S/C29H25ClN6O5/c1-40-20-14-32-29(33-15-20)35-26(37)22-8-6-17(11-25(22)41-2)16-36-24(13-19-5-3-4-10-31-19)27(38)34-23-12-18(30)7-9-21(23)28(36)39/h3-12,14-15,24H,13,16H2,1-2H3,(H,34,38)(H,32,33,35,37)/t24-/m1/s1. The summed E-state index contributed by atoms with van der Waals surface area (Å²) in [6.07, 6.45) is 4.70. The van der Waals surface area contributed by atoms with Crippen LogP contribution in [0.15, 0.2) is 73.2 Å². The van der Waals surface area contributed by atoms with Gasteiger partial charge in [-0.15, -0.1) is 0 Å². The number of nitrogens with zero attached hydrogens (tertiary/aromatic N) is 4. The molecule has 0 saturated heterocycles. The van der Waals surface area contributed by atoms with Crippen LogP contribution in [-0.2, 0) is 17.8 Å². The third-order valence-corrected chi connectivity index (χ3v) is 6.73. The maximum Gasteiger partial charge on any atom is 0.261 e. The molecule has 3 heterocycles. The third kappa shape index (κ3) is 6.10. The van der Waals surface area contributed by atoms with E-state index in [1.165, 1.54) is 31.5 Å². The van der Waals surface area contributed by atoms with Crippen molar-refractivity contribution in [2.75, 3.05) is 24.9 Å². The van der Waals surface area contributed by atoms with Crippen molar-refractivity contribution in [1.29, 1.82) is 0 Å². The Hall–Kier alpha value is -5.03. The van der Waals surface area contributed by atoms with Crippen LogP contribution < -0.4 is 20.1 Å². The van der Waals surface area contributed by atoms with Crippen LogP contribution >= 0.6 is 11.6 Å². The number of carbonyl (C=O) groups is 3. The number of fused-ring (bicyclic) bond motifs is 1. The number of carbonyl (C=O) groups excluding carboxylic acids is 3. The monoisotopic (exact) mass is 572 g/mol. The van der Waals surface area contributed by atoms with Crippen molar-refractivity contribution in [1.82, 2.24) is 19.9 Å². The first-order chi connectivity index (χ1) is 19.9. The van der Waals surface area contributed by atoms with Gasteiger partial charge >= 0.3 is 0 Å². The van der Waals surface area contributed by atoms with E-state index in [1.54, 1.807) is 54.7 Å². The van der Waals surface area contributed by atoms with Gasteiger partial charge in [-0.2, -0.15) is 0 Å². The first kappa shape index (κ1) is 27.5. The lowest BCUT2D eigenvalue weighted by molar-refractivity contribution is -0.120. The van der Waals surface area contributed by atoms with Crippen LogP contribution in [0.4, 0.5) is 11.6 Å². The Bertz CT molecular complexity index is 1600. The van der Waals surface area contributed by atoms with Crippen LogP contribution in [0.2, 0.25) is 5.02 Å². The van der Waals surface area contributed by atoms with Gasteiger partial charge in [-0.05, 0) is 48.0 Å². The van der Waals surface area contributed by atoms with E-state index in [-0.39, 0.29) is 42.0 Å². The average molecular weight is 573 g/mol. The number of halogens is 1. The highest BCUT2D eigenvalue weighted by atomic mass is 35.5. The predicted octanol–water partition coefficient (Wildman–Crippen LogP) is 4.00. The molecule has 208 valence electrons. The zero-order chi connectivity index (χ0) is 28.9. The number of methoxy groups -OCH3 is 2. The van der Waals surface area contributed by atoms with Gasteiger partial charge in [0, 0.05) is 29.9 Å². The summed E-state index contributed by atoms with van der Waals surface area (Å²) < 4.78 is 10.5. The molecule has 5 rings (SSSR count). The van der Waals surface area contributed by atoms with E-state index >= 15 is 0 Å². The van der Waals surface area contributed by atoms with Crippen LogP contribution in [-0.4, -0.2) is 57.8 Å². The molecule has 1 atom stereocenters. The Morgan fingerprint density at radius 1 is 1.02 bits per heavy atom. The Balaban J connectivity index is 1.45.